The van der Waals surface area contributed by atoms with E-state index in [4.69, 9.17) is 11.6 Å². The Morgan fingerprint density at radius 3 is 2.32 bits per heavy atom. The molecule has 0 saturated carbocycles. The molecule has 0 radical (unpaired) electrons. The van der Waals surface area contributed by atoms with Gasteiger partial charge in [0.25, 0.3) is 0 Å². The Balaban J connectivity index is 1.60. The molecule has 1 aromatic heterocycles. The maximum Gasteiger partial charge on any atom is 0.234 e. The molecule has 3 aromatic carbocycles. The van der Waals surface area contributed by atoms with E-state index in [1.165, 1.54) is 22.9 Å². The van der Waals surface area contributed by atoms with Crippen LogP contribution in [0.5, 0.6) is 0 Å². The summed E-state index contributed by atoms with van der Waals surface area (Å²) in [5.74, 6) is 0.800. The number of thioether (sulfide) groups is 1. The van der Waals surface area contributed by atoms with Crippen molar-refractivity contribution in [3.05, 3.63) is 88.9 Å². The van der Waals surface area contributed by atoms with Gasteiger partial charge in [0, 0.05) is 22.0 Å². The maximum absolute atomic E-state index is 12.5. The fraction of sp³-hybridized carbons (Fsp3) is 0.125. The third-order valence-corrected chi connectivity index (χ3v) is 5.84. The normalized spacial score (nSPS) is 10.8. The Kier molecular flexibility index (Phi) is 6.39. The molecular weight excluding hydrogens is 428 g/mol. The van der Waals surface area contributed by atoms with Gasteiger partial charge in [-0.1, -0.05) is 77.0 Å². The fourth-order valence-corrected chi connectivity index (χ4v) is 4.02. The number of nitrogens with one attached hydrogen (secondary N) is 1. The Hall–Kier alpha value is -3.09. The van der Waals surface area contributed by atoms with Crippen molar-refractivity contribution in [3.63, 3.8) is 0 Å². The molecule has 0 fully saturated rings. The summed E-state index contributed by atoms with van der Waals surface area (Å²) in [5.41, 5.74) is 4.93. The smallest absolute Gasteiger partial charge is 0.234 e. The van der Waals surface area contributed by atoms with E-state index in [0.29, 0.717) is 15.9 Å². The van der Waals surface area contributed by atoms with E-state index in [0.717, 1.165) is 17.1 Å². The van der Waals surface area contributed by atoms with Crippen molar-refractivity contribution in [1.29, 1.82) is 0 Å². The maximum atomic E-state index is 12.5. The van der Waals surface area contributed by atoms with Crippen LogP contribution in [0.15, 0.2) is 78.0 Å². The first-order valence-corrected chi connectivity index (χ1v) is 11.1. The molecule has 1 heterocycles. The van der Waals surface area contributed by atoms with Gasteiger partial charge in [-0.3, -0.25) is 9.36 Å². The highest BCUT2D eigenvalue weighted by atomic mass is 35.5. The number of hydrogen-bond donors (Lipinski definition) is 1. The van der Waals surface area contributed by atoms with Crippen molar-refractivity contribution in [2.45, 2.75) is 19.0 Å². The molecule has 0 aliphatic rings. The summed E-state index contributed by atoms with van der Waals surface area (Å²) in [6, 6.07) is 23.4. The summed E-state index contributed by atoms with van der Waals surface area (Å²) in [6.07, 6.45) is 0. The van der Waals surface area contributed by atoms with Crippen molar-refractivity contribution in [1.82, 2.24) is 14.8 Å². The lowest BCUT2D eigenvalue weighted by Crippen LogP contribution is -2.14. The first kappa shape index (κ1) is 21.2. The monoisotopic (exact) mass is 448 g/mol. The van der Waals surface area contributed by atoms with E-state index in [9.17, 15) is 4.79 Å². The molecule has 0 aliphatic carbocycles. The standard InChI is InChI=1S/C24H21ClN4OS/c1-16-6-10-18(11-7-16)23-27-28-24(29(23)21-12-8-17(2)9-13-21)31-15-22(30)26-20-5-3-4-19(25)14-20/h3-14H,15H2,1-2H3,(H,26,30). The van der Waals surface area contributed by atoms with Crippen LogP contribution in [-0.2, 0) is 4.79 Å². The van der Waals surface area contributed by atoms with E-state index >= 15 is 0 Å². The number of aryl methyl sites for hydroxylation is 2. The van der Waals surface area contributed by atoms with Gasteiger partial charge in [0.05, 0.1) is 5.75 Å². The topological polar surface area (TPSA) is 59.8 Å². The molecule has 5 nitrogen and oxygen atoms in total. The Labute approximate surface area is 190 Å². The van der Waals surface area contributed by atoms with Crippen molar-refractivity contribution in [3.8, 4) is 17.1 Å². The largest absolute Gasteiger partial charge is 0.325 e. The third kappa shape index (κ3) is 5.16. The van der Waals surface area contributed by atoms with Crippen LogP contribution in [-0.4, -0.2) is 26.4 Å². The second-order valence-corrected chi connectivity index (χ2v) is 8.57. The van der Waals surface area contributed by atoms with Crippen LogP contribution in [0.2, 0.25) is 5.02 Å². The molecule has 0 spiro atoms. The number of rotatable bonds is 6. The number of carbonyl (C=O) groups excluding carboxylic acids is 1. The van der Waals surface area contributed by atoms with Crippen LogP contribution in [0.3, 0.4) is 0 Å². The molecule has 156 valence electrons. The van der Waals surface area contributed by atoms with Gasteiger partial charge in [0.1, 0.15) is 0 Å². The van der Waals surface area contributed by atoms with Gasteiger partial charge in [-0.25, -0.2) is 0 Å². The van der Waals surface area contributed by atoms with Gasteiger partial charge in [-0.2, -0.15) is 0 Å². The van der Waals surface area contributed by atoms with Gasteiger partial charge in [-0.15, -0.1) is 10.2 Å². The number of nitrogens with zero attached hydrogens (tertiary/aromatic N) is 3. The Bertz CT molecular complexity index is 1200. The Morgan fingerprint density at radius 1 is 0.968 bits per heavy atom. The van der Waals surface area contributed by atoms with Gasteiger partial charge in [-0.05, 0) is 44.2 Å². The molecule has 7 heteroatoms. The summed E-state index contributed by atoms with van der Waals surface area (Å²) < 4.78 is 1.99. The van der Waals surface area contributed by atoms with Crippen LogP contribution in [0.25, 0.3) is 17.1 Å². The molecule has 0 unspecified atom stereocenters. The average molecular weight is 449 g/mol. The fourth-order valence-electron chi connectivity index (χ4n) is 3.07. The van der Waals surface area contributed by atoms with Crippen molar-refractivity contribution >= 4 is 35.0 Å². The molecule has 4 rings (SSSR count). The minimum atomic E-state index is -0.136. The summed E-state index contributed by atoms with van der Waals surface area (Å²) in [7, 11) is 0. The van der Waals surface area contributed by atoms with Crippen LogP contribution < -0.4 is 5.32 Å². The van der Waals surface area contributed by atoms with Crippen LogP contribution in [0.1, 0.15) is 11.1 Å². The number of amides is 1. The third-order valence-electron chi connectivity index (χ3n) is 4.68. The first-order chi connectivity index (χ1) is 15.0. The first-order valence-electron chi connectivity index (χ1n) is 9.77. The number of aromatic nitrogens is 3. The number of benzene rings is 3. The number of anilines is 1. The second-order valence-electron chi connectivity index (χ2n) is 7.19. The highest BCUT2D eigenvalue weighted by molar-refractivity contribution is 7.99. The van der Waals surface area contributed by atoms with Crippen molar-refractivity contribution in [2.24, 2.45) is 0 Å². The molecule has 1 amide bonds. The molecule has 0 atom stereocenters. The van der Waals surface area contributed by atoms with Crippen LogP contribution in [0.4, 0.5) is 5.69 Å². The van der Waals surface area contributed by atoms with E-state index < -0.39 is 0 Å². The number of hydrogen-bond acceptors (Lipinski definition) is 4. The molecule has 31 heavy (non-hydrogen) atoms. The van der Waals surface area contributed by atoms with E-state index in [2.05, 4.69) is 39.8 Å². The van der Waals surface area contributed by atoms with Gasteiger partial charge in [0.15, 0.2) is 11.0 Å². The zero-order valence-corrected chi connectivity index (χ0v) is 18.7. The summed E-state index contributed by atoms with van der Waals surface area (Å²) in [6.45, 7) is 4.10. The van der Waals surface area contributed by atoms with Gasteiger partial charge in [0.2, 0.25) is 5.91 Å². The number of carbonyl (C=O) groups is 1. The molecule has 1 N–H and O–H groups in total. The van der Waals surface area contributed by atoms with Crippen LogP contribution in [0, 0.1) is 13.8 Å². The van der Waals surface area contributed by atoms with E-state index in [1.54, 1.807) is 24.3 Å². The Morgan fingerprint density at radius 2 is 1.65 bits per heavy atom. The molecule has 4 aromatic rings. The second kappa shape index (κ2) is 9.37. The summed E-state index contributed by atoms with van der Waals surface area (Å²) >= 11 is 7.33. The van der Waals surface area contributed by atoms with Crippen LogP contribution >= 0.6 is 23.4 Å². The lowest BCUT2D eigenvalue weighted by molar-refractivity contribution is -0.113. The molecule has 0 saturated heterocycles. The van der Waals surface area contributed by atoms with E-state index in [1.807, 2.05) is 42.7 Å². The number of halogens is 1. The van der Waals surface area contributed by atoms with Gasteiger partial charge >= 0.3 is 0 Å². The summed E-state index contributed by atoms with van der Waals surface area (Å²) in [5, 5.41) is 12.9. The summed E-state index contributed by atoms with van der Waals surface area (Å²) in [4.78, 5) is 12.5. The highest BCUT2D eigenvalue weighted by Gasteiger charge is 2.17. The zero-order valence-electron chi connectivity index (χ0n) is 17.2. The molecule has 0 bridgehead atoms. The SMILES string of the molecule is Cc1ccc(-c2nnc(SCC(=O)Nc3cccc(Cl)c3)n2-c2ccc(C)cc2)cc1. The minimum absolute atomic E-state index is 0.136. The quantitative estimate of drug-likeness (QED) is 0.371. The minimum Gasteiger partial charge on any atom is -0.325 e. The lowest BCUT2D eigenvalue weighted by atomic mass is 10.1. The predicted octanol–water partition coefficient (Wildman–Crippen LogP) is 5.94. The van der Waals surface area contributed by atoms with Gasteiger partial charge < -0.3 is 5.32 Å². The van der Waals surface area contributed by atoms with Crippen molar-refractivity contribution < 1.29 is 4.79 Å². The van der Waals surface area contributed by atoms with E-state index in [-0.39, 0.29) is 11.7 Å². The average Bonchev–Trinajstić information content (AvgIpc) is 3.17. The molecular formula is C24H21ClN4OS. The zero-order chi connectivity index (χ0) is 21.8. The molecule has 0 aliphatic heterocycles. The van der Waals surface area contributed by atoms with Crippen molar-refractivity contribution in [2.75, 3.05) is 11.1 Å². The lowest BCUT2D eigenvalue weighted by Gasteiger charge is -2.11. The highest BCUT2D eigenvalue weighted by Crippen LogP contribution is 2.28. The predicted molar refractivity (Wildman–Crippen MR) is 127 cm³/mol.